The molecule has 0 heterocycles. The summed E-state index contributed by atoms with van der Waals surface area (Å²) in [5.74, 6) is -0.388. The first-order valence-corrected chi connectivity index (χ1v) is 11.3. The van der Waals surface area contributed by atoms with Gasteiger partial charge in [0.15, 0.2) is 0 Å². The highest BCUT2D eigenvalue weighted by atomic mass is 35.5. The summed E-state index contributed by atoms with van der Waals surface area (Å²) in [7, 11) is 0. The Bertz CT molecular complexity index is 1060. The molecule has 3 aromatic carbocycles. The van der Waals surface area contributed by atoms with Gasteiger partial charge in [-0.2, -0.15) is 0 Å². The van der Waals surface area contributed by atoms with Crippen molar-refractivity contribution in [3.05, 3.63) is 106 Å². The highest BCUT2D eigenvalue weighted by Gasteiger charge is 2.30. The van der Waals surface area contributed by atoms with Crippen LogP contribution in [0.4, 0.5) is 0 Å². The van der Waals surface area contributed by atoms with Gasteiger partial charge >= 0.3 is 0 Å². The first kappa shape index (κ1) is 23.8. The average Bonchev–Trinajstić information content (AvgIpc) is 2.79. The van der Waals surface area contributed by atoms with Crippen LogP contribution in [0.1, 0.15) is 23.6 Å². The van der Waals surface area contributed by atoms with E-state index in [9.17, 15) is 9.59 Å². The van der Waals surface area contributed by atoms with Crippen LogP contribution in [0, 0.1) is 0 Å². The summed E-state index contributed by atoms with van der Waals surface area (Å²) in [5.41, 5.74) is 2.47. The normalized spacial score (nSPS) is 11.6. The number of amides is 2. The number of hydrogen-bond acceptors (Lipinski definition) is 2. The van der Waals surface area contributed by atoms with E-state index in [0.717, 1.165) is 16.7 Å². The molecule has 0 aliphatic carbocycles. The number of nitrogens with zero attached hydrogens (tertiary/aromatic N) is 1. The molecule has 0 fully saturated rings. The molecule has 0 bridgehead atoms. The Hall–Kier alpha value is -2.82. The fraction of sp³-hybridized carbons (Fsp3) is 0.231. The monoisotopic (exact) mass is 468 g/mol. The summed E-state index contributed by atoms with van der Waals surface area (Å²) in [6, 6.07) is 23.6. The summed E-state index contributed by atoms with van der Waals surface area (Å²) < 4.78 is 0. The maximum Gasteiger partial charge on any atom is 0.243 e. The fourth-order valence-corrected chi connectivity index (χ4v) is 3.96. The molecule has 3 aromatic rings. The summed E-state index contributed by atoms with van der Waals surface area (Å²) in [5, 5.41) is 3.96. The Morgan fingerprint density at radius 1 is 0.844 bits per heavy atom. The first-order valence-electron chi connectivity index (χ1n) is 10.6. The average molecular weight is 469 g/mol. The number of hydrogen-bond donors (Lipinski definition) is 1. The smallest absolute Gasteiger partial charge is 0.243 e. The van der Waals surface area contributed by atoms with Crippen LogP contribution in [0.25, 0.3) is 0 Å². The summed E-state index contributed by atoms with van der Waals surface area (Å²) in [6.45, 7) is 2.56. The molecule has 6 heteroatoms. The van der Waals surface area contributed by atoms with Crippen LogP contribution in [-0.4, -0.2) is 29.3 Å². The predicted molar refractivity (Wildman–Crippen MR) is 130 cm³/mol. The molecule has 0 saturated carbocycles. The molecule has 2 amide bonds. The van der Waals surface area contributed by atoms with Gasteiger partial charge in [-0.3, -0.25) is 9.59 Å². The van der Waals surface area contributed by atoms with Crippen molar-refractivity contribution in [3.63, 3.8) is 0 Å². The maximum absolute atomic E-state index is 13.6. The Kier molecular flexibility index (Phi) is 8.72. The maximum atomic E-state index is 13.6. The third-order valence-electron chi connectivity index (χ3n) is 5.22. The summed E-state index contributed by atoms with van der Waals surface area (Å²) in [4.78, 5) is 28.3. The molecule has 0 radical (unpaired) electrons. The molecule has 1 N–H and O–H groups in total. The van der Waals surface area contributed by atoms with Crippen molar-refractivity contribution in [1.29, 1.82) is 0 Å². The molecule has 0 aliphatic heterocycles. The van der Waals surface area contributed by atoms with E-state index in [2.05, 4.69) is 5.32 Å². The highest BCUT2D eigenvalue weighted by molar-refractivity contribution is 6.31. The molecule has 0 aliphatic rings. The molecule has 1 unspecified atom stereocenters. The minimum atomic E-state index is -0.691. The zero-order valence-electron chi connectivity index (χ0n) is 17.9. The summed E-state index contributed by atoms with van der Waals surface area (Å²) >= 11 is 12.7. The Morgan fingerprint density at radius 2 is 1.41 bits per heavy atom. The Morgan fingerprint density at radius 3 is 2.00 bits per heavy atom. The van der Waals surface area contributed by atoms with Crippen LogP contribution in [0.3, 0.4) is 0 Å². The van der Waals surface area contributed by atoms with Crippen LogP contribution < -0.4 is 5.32 Å². The van der Waals surface area contributed by atoms with E-state index in [0.29, 0.717) is 23.0 Å². The molecular formula is C26H26Cl2N2O2. The van der Waals surface area contributed by atoms with Crippen LogP contribution in [0.15, 0.2) is 78.9 Å². The zero-order chi connectivity index (χ0) is 22.9. The van der Waals surface area contributed by atoms with Crippen molar-refractivity contribution in [2.45, 2.75) is 32.4 Å². The molecule has 166 valence electrons. The van der Waals surface area contributed by atoms with E-state index in [-0.39, 0.29) is 24.8 Å². The third kappa shape index (κ3) is 6.35. The fourth-order valence-electron chi connectivity index (χ4n) is 3.56. The van der Waals surface area contributed by atoms with Gasteiger partial charge in [-0.1, -0.05) is 89.9 Å². The first-order chi connectivity index (χ1) is 15.5. The minimum Gasteiger partial charge on any atom is -0.355 e. The number of carbonyl (C=O) groups excluding carboxylic acids is 2. The number of benzene rings is 3. The van der Waals surface area contributed by atoms with Gasteiger partial charge in [0.05, 0.1) is 6.42 Å². The van der Waals surface area contributed by atoms with Crippen molar-refractivity contribution in [1.82, 2.24) is 10.2 Å². The van der Waals surface area contributed by atoms with Crippen LogP contribution in [-0.2, 0) is 29.0 Å². The summed E-state index contributed by atoms with van der Waals surface area (Å²) in [6.07, 6.45) is 0.486. The lowest BCUT2D eigenvalue weighted by molar-refractivity contribution is -0.140. The van der Waals surface area contributed by atoms with Gasteiger partial charge in [0.25, 0.3) is 0 Å². The third-order valence-corrected chi connectivity index (χ3v) is 5.96. The van der Waals surface area contributed by atoms with Gasteiger partial charge in [0.2, 0.25) is 11.8 Å². The molecule has 1 atom stereocenters. The number of carbonyl (C=O) groups is 2. The van der Waals surface area contributed by atoms with Crippen molar-refractivity contribution in [3.8, 4) is 0 Å². The largest absolute Gasteiger partial charge is 0.355 e. The topological polar surface area (TPSA) is 49.4 Å². The van der Waals surface area contributed by atoms with Gasteiger partial charge < -0.3 is 10.2 Å². The van der Waals surface area contributed by atoms with E-state index >= 15 is 0 Å². The van der Waals surface area contributed by atoms with Gasteiger partial charge in [-0.25, -0.2) is 0 Å². The van der Waals surface area contributed by atoms with Crippen LogP contribution in [0.5, 0.6) is 0 Å². The van der Waals surface area contributed by atoms with Crippen LogP contribution >= 0.6 is 23.2 Å². The molecule has 4 nitrogen and oxygen atoms in total. The van der Waals surface area contributed by atoms with Gasteiger partial charge in [0.1, 0.15) is 6.04 Å². The van der Waals surface area contributed by atoms with Crippen molar-refractivity contribution < 1.29 is 9.59 Å². The van der Waals surface area contributed by atoms with E-state index in [4.69, 9.17) is 23.2 Å². The second-order valence-corrected chi connectivity index (χ2v) is 8.30. The molecule has 0 saturated heterocycles. The lowest BCUT2D eigenvalue weighted by Crippen LogP contribution is -2.51. The van der Waals surface area contributed by atoms with E-state index in [1.165, 1.54) is 0 Å². The highest BCUT2D eigenvalue weighted by Crippen LogP contribution is 2.23. The lowest BCUT2D eigenvalue weighted by Gasteiger charge is -2.32. The number of nitrogens with one attached hydrogen (secondary N) is 1. The Labute approximate surface area is 199 Å². The predicted octanol–water partition coefficient (Wildman–Crippen LogP) is 5.31. The lowest BCUT2D eigenvalue weighted by atomic mass is 10.0. The van der Waals surface area contributed by atoms with Crippen LogP contribution in [0.2, 0.25) is 10.0 Å². The molecule has 32 heavy (non-hydrogen) atoms. The van der Waals surface area contributed by atoms with E-state index in [1.54, 1.807) is 17.0 Å². The standard InChI is InChI=1S/C26H26Cl2N2O2/c1-2-29-26(32)24(16-19-10-4-3-5-11-19)30(18-21-13-7-9-15-23(21)28)25(31)17-20-12-6-8-14-22(20)27/h3-15,24H,2,16-18H2,1H3,(H,29,32). The zero-order valence-corrected chi connectivity index (χ0v) is 19.4. The molecule has 0 aromatic heterocycles. The Balaban J connectivity index is 1.98. The second kappa shape index (κ2) is 11.7. The quantitative estimate of drug-likeness (QED) is 0.462. The van der Waals surface area contributed by atoms with Gasteiger partial charge in [-0.05, 0) is 35.7 Å². The molecule has 0 spiro atoms. The van der Waals surface area contributed by atoms with Gasteiger partial charge in [0, 0.05) is 29.6 Å². The van der Waals surface area contributed by atoms with Gasteiger partial charge in [-0.15, -0.1) is 0 Å². The van der Waals surface area contributed by atoms with E-state index < -0.39 is 6.04 Å². The number of halogens is 2. The van der Waals surface area contributed by atoms with Crippen molar-refractivity contribution in [2.75, 3.05) is 6.54 Å². The number of rotatable bonds is 9. The SMILES string of the molecule is CCNC(=O)C(Cc1ccccc1)N(Cc1ccccc1Cl)C(=O)Cc1ccccc1Cl. The molecule has 3 rings (SSSR count). The van der Waals surface area contributed by atoms with Crippen molar-refractivity contribution >= 4 is 35.0 Å². The minimum absolute atomic E-state index is 0.0921. The van der Waals surface area contributed by atoms with E-state index in [1.807, 2.05) is 73.7 Å². The number of likely N-dealkylation sites (N-methyl/N-ethyl adjacent to an activating group) is 1. The van der Waals surface area contributed by atoms with Crippen molar-refractivity contribution in [2.24, 2.45) is 0 Å². The second-order valence-electron chi connectivity index (χ2n) is 7.48. The molecular weight excluding hydrogens is 443 g/mol.